The Morgan fingerprint density at radius 2 is 2.50 bits per heavy atom. The highest BCUT2D eigenvalue weighted by atomic mass is 16.2. The van der Waals surface area contributed by atoms with Crippen molar-refractivity contribution in [3.05, 3.63) is 29.8 Å². The maximum Gasteiger partial charge on any atom is 0.223 e. The van der Waals surface area contributed by atoms with Crippen LogP contribution in [0.3, 0.4) is 0 Å². The zero-order chi connectivity index (χ0) is 8.55. The molecule has 0 fully saturated rings. The van der Waals surface area contributed by atoms with Crippen LogP contribution >= 0.6 is 0 Å². The minimum absolute atomic E-state index is 0.119. The number of hydrogen-bond donors (Lipinski definition) is 0. The summed E-state index contributed by atoms with van der Waals surface area (Å²) in [4.78, 5) is 12.9. The second-order valence-electron chi connectivity index (χ2n) is 2.98. The zero-order valence-corrected chi connectivity index (χ0v) is 7.00. The first-order chi connectivity index (χ1) is 5.79. The number of carbonyl (C=O) groups is 1. The monoisotopic (exact) mass is 160 g/mol. The van der Waals surface area contributed by atoms with Crippen LogP contribution in [0.5, 0.6) is 0 Å². The first kappa shape index (κ1) is 7.35. The van der Waals surface area contributed by atoms with Gasteiger partial charge in [0.15, 0.2) is 0 Å². The first-order valence-corrected chi connectivity index (χ1v) is 4.06. The number of rotatable bonds is 0. The maximum atomic E-state index is 11.1. The molecule has 61 valence electrons. The SMILES string of the molecule is CC(=O)N1CCc2cc[c]cc21. The molecule has 2 rings (SSSR count). The number of anilines is 1. The molecule has 0 atom stereocenters. The van der Waals surface area contributed by atoms with Crippen molar-refractivity contribution in [3.8, 4) is 0 Å². The van der Waals surface area contributed by atoms with Gasteiger partial charge >= 0.3 is 0 Å². The van der Waals surface area contributed by atoms with Gasteiger partial charge in [-0.25, -0.2) is 0 Å². The lowest BCUT2D eigenvalue weighted by atomic mass is 10.2. The van der Waals surface area contributed by atoms with Crippen LogP contribution in [0.25, 0.3) is 0 Å². The predicted molar refractivity (Wildman–Crippen MR) is 47.0 cm³/mol. The highest BCUT2D eigenvalue weighted by Gasteiger charge is 2.20. The zero-order valence-electron chi connectivity index (χ0n) is 7.00. The van der Waals surface area contributed by atoms with Gasteiger partial charge in [0.25, 0.3) is 0 Å². The van der Waals surface area contributed by atoms with Gasteiger partial charge in [0.2, 0.25) is 5.91 Å². The Bertz CT molecular complexity index is 319. The highest BCUT2D eigenvalue weighted by Crippen LogP contribution is 2.26. The van der Waals surface area contributed by atoms with Crippen molar-refractivity contribution >= 4 is 11.6 Å². The van der Waals surface area contributed by atoms with E-state index in [2.05, 4.69) is 6.07 Å². The van der Waals surface area contributed by atoms with Gasteiger partial charge < -0.3 is 4.90 Å². The van der Waals surface area contributed by atoms with Crippen molar-refractivity contribution in [2.24, 2.45) is 0 Å². The van der Waals surface area contributed by atoms with E-state index in [4.69, 9.17) is 0 Å². The molecular formula is C10H10NO. The number of amides is 1. The molecule has 2 heteroatoms. The second-order valence-corrected chi connectivity index (χ2v) is 2.98. The summed E-state index contributed by atoms with van der Waals surface area (Å²) in [6.45, 7) is 2.42. The van der Waals surface area contributed by atoms with Crippen LogP contribution in [0.15, 0.2) is 18.2 Å². The molecule has 0 N–H and O–H groups in total. The van der Waals surface area contributed by atoms with Gasteiger partial charge in [-0.1, -0.05) is 12.1 Å². The summed E-state index contributed by atoms with van der Waals surface area (Å²) in [6.07, 6.45) is 0.976. The average Bonchev–Trinajstić information content (AvgIpc) is 2.47. The van der Waals surface area contributed by atoms with Gasteiger partial charge in [-0.15, -0.1) is 0 Å². The van der Waals surface area contributed by atoms with E-state index >= 15 is 0 Å². The van der Waals surface area contributed by atoms with Crippen molar-refractivity contribution in [2.75, 3.05) is 11.4 Å². The maximum absolute atomic E-state index is 11.1. The van der Waals surface area contributed by atoms with Crippen LogP contribution in [-0.2, 0) is 11.2 Å². The molecule has 1 radical (unpaired) electrons. The molecular weight excluding hydrogens is 150 g/mol. The average molecular weight is 160 g/mol. The number of fused-ring (bicyclic) bond motifs is 1. The molecule has 0 unspecified atom stereocenters. The molecule has 1 aliphatic heterocycles. The topological polar surface area (TPSA) is 20.3 Å². The number of hydrogen-bond acceptors (Lipinski definition) is 1. The molecule has 0 spiro atoms. The summed E-state index contributed by atoms with van der Waals surface area (Å²) in [5.41, 5.74) is 2.29. The van der Waals surface area contributed by atoms with Crippen molar-refractivity contribution in [2.45, 2.75) is 13.3 Å². The predicted octanol–water partition coefficient (Wildman–Crippen LogP) is 1.40. The van der Waals surface area contributed by atoms with E-state index in [0.29, 0.717) is 0 Å². The van der Waals surface area contributed by atoms with Gasteiger partial charge in [0, 0.05) is 19.2 Å². The summed E-state index contributed by atoms with van der Waals surface area (Å²) in [5, 5.41) is 0. The summed E-state index contributed by atoms with van der Waals surface area (Å²) in [6, 6.07) is 8.78. The summed E-state index contributed by atoms with van der Waals surface area (Å²) in [5.74, 6) is 0.119. The Morgan fingerprint density at radius 3 is 3.25 bits per heavy atom. The van der Waals surface area contributed by atoms with Crippen LogP contribution in [0.1, 0.15) is 12.5 Å². The fraction of sp³-hybridized carbons (Fsp3) is 0.300. The lowest BCUT2D eigenvalue weighted by molar-refractivity contribution is -0.116. The van der Waals surface area contributed by atoms with E-state index in [1.165, 1.54) is 5.56 Å². The normalized spacial score (nSPS) is 14.6. The molecule has 0 saturated carbocycles. The molecule has 1 aromatic rings. The summed E-state index contributed by atoms with van der Waals surface area (Å²) in [7, 11) is 0. The highest BCUT2D eigenvalue weighted by molar-refractivity contribution is 5.93. The number of benzene rings is 1. The van der Waals surface area contributed by atoms with Gasteiger partial charge in [-0.3, -0.25) is 4.79 Å². The van der Waals surface area contributed by atoms with E-state index in [0.717, 1.165) is 18.7 Å². The van der Waals surface area contributed by atoms with Gasteiger partial charge in [0.1, 0.15) is 0 Å². The number of nitrogens with zero attached hydrogens (tertiary/aromatic N) is 1. The first-order valence-electron chi connectivity index (χ1n) is 4.06. The second kappa shape index (κ2) is 2.63. The van der Waals surface area contributed by atoms with Crippen molar-refractivity contribution in [1.29, 1.82) is 0 Å². The van der Waals surface area contributed by atoms with E-state index in [9.17, 15) is 4.79 Å². The quantitative estimate of drug-likeness (QED) is 0.561. The van der Waals surface area contributed by atoms with Crippen LogP contribution in [0, 0.1) is 6.07 Å². The molecule has 1 aromatic carbocycles. The van der Waals surface area contributed by atoms with E-state index in [-0.39, 0.29) is 5.91 Å². The van der Waals surface area contributed by atoms with Crippen LogP contribution in [-0.4, -0.2) is 12.5 Å². The molecule has 1 amide bonds. The van der Waals surface area contributed by atoms with Crippen molar-refractivity contribution < 1.29 is 4.79 Å². The van der Waals surface area contributed by atoms with Gasteiger partial charge in [0.05, 0.1) is 0 Å². The lowest BCUT2D eigenvalue weighted by Gasteiger charge is -2.13. The Hall–Kier alpha value is -1.31. The fourth-order valence-corrected chi connectivity index (χ4v) is 1.60. The van der Waals surface area contributed by atoms with Crippen LogP contribution in [0.2, 0.25) is 0 Å². The van der Waals surface area contributed by atoms with E-state index in [1.54, 1.807) is 11.8 Å². The van der Waals surface area contributed by atoms with Gasteiger partial charge in [-0.2, -0.15) is 0 Å². The third-order valence-corrected chi connectivity index (χ3v) is 2.21. The fourth-order valence-electron chi connectivity index (χ4n) is 1.60. The van der Waals surface area contributed by atoms with Crippen molar-refractivity contribution in [3.63, 3.8) is 0 Å². The Kier molecular flexibility index (Phi) is 1.61. The lowest BCUT2D eigenvalue weighted by Crippen LogP contribution is -2.25. The van der Waals surface area contributed by atoms with Crippen LogP contribution < -0.4 is 4.90 Å². The molecule has 0 aliphatic carbocycles. The summed E-state index contributed by atoms with van der Waals surface area (Å²) < 4.78 is 0. The van der Waals surface area contributed by atoms with Gasteiger partial charge in [-0.05, 0) is 24.1 Å². The van der Waals surface area contributed by atoms with E-state index in [1.807, 2.05) is 18.2 Å². The largest absolute Gasteiger partial charge is 0.312 e. The Balaban J connectivity index is 2.42. The minimum Gasteiger partial charge on any atom is -0.312 e. The third-order valence-electron chi connectivity index (χ3n) is 2.21. The molecule has 1 heterocycles. The van der Waals surface area contributed by atoms with Crippen LogP contribution in [0.4, 0.5) is 5.69 Å². The van der Waals surface area contributed by atoms with Crippen molar-refractivity contribution in [1.82, 2.24) is 0 Å². The molecule has 12 heavy (non-hydrogen) atoms. The number of carbonyl (C=O) groups excluding carboxylic acids is 1. The third kappa shape index (κ3) is 0.998. The smallest absolute Gasteiger partial charge is 0.223 e. The minimum atomic E-state index is 0.119. The molecule has 2 nitrogen and oxygen atoms in total. The molecule has 0 saturated heterocycles. The van der Waals surface area contributed by atoms with E-state index < -0.39 is 0 Å². The molecule has 0 aromatic heterocycles. The molecule has 0 bridgehead atoms. The molecule has 1 aliphatic rings. The Morgan fingerprint density at radius 1 is 1.67 bits per heavy atom. The standard InChI is InChI=1S/C10H10NO/c1-8(12)11-7-6-9-4-2-3-5-10(9)11/h2,4-5H,6-7H2,1H3. The Labute approximate surface area is 71.8 Å². The summed E-state index contributed by atoms with van der Waals surface area (Å²) >= 11 is 0.